The molecule has 168 valence electrons. The Hall–Kier alpha value is -2.18. The molecule has 0 amide bonds. The third kappa shape index (κ3) is 6.40. The number of rotatable bonds is 10. The molecule has 2 aromatic rings. The van der Waals surface area contributed by atoms with Crippen molar-refractivity contribution in [1.29, 1.82) is 0 Å². The maximum absolute atomic E-state index is 14.6. The largest absolute Gasteiger partial charge is 0.385 e. The van der Waals surface area contributed by atoms with Gasteiger partial charge in [-0.15, -0.1) is 0 Å². The maximum atomic E-state index is 14.6. The van der Waals surface area contributed by atoms with Gasteiger partial charge in [0, 0.05) is 43.0 Å². The highest BCUT2D eigenvalue weighted by Crippen LogP contribution is 2.31. The van der Waals surface area contributed by atoms with E-state index in [-0.39, 0.29) is 5.82 Å². The minimum Gasteiger partial charge on any atom is -0.385 e. The van der Waals surface area contributed by atoms with Crippen LogP contribution in [0.4, 0.5) is 15.9 Å². The molecule has 6 heteroatoms. The average molecular weight is 427 g/mol. The number of methoxy groups -OCH3 is 1. The third-order valence-corrected chi connectivity index (χ3v) is 6.34. The lowest BCUT2D eigenvalue weighted by Gasteiger charge is -2.31. The number of nitrogens with one attached hydrogen (secondary N) is 3. The van der Waals surface area contributed by atoms with Gasteiger partial charge in [0.25, 0.3) is 0 Å². The summed E-state index contributed by atoms with van der Waals surface area (Å²) in [5.41, 5.74) is 2.52. The van der Waals surface area contributed by atoms with Crippen molar-refractivity contribution in [2.24, 2.45) is 5.92 Å². The van der Waals surface area contributed by atoms with Gasteiger partial charge in [0.2, 0.25) is 0 Å². The first-order chi connectivity index (χ1) is 15.1. The lowest BCUT2D eigenvalue weighted by molar-refractivity contribution is 0.161. The molecule has 0 bridgehead atoms. The molecule has 31 heavy (non-hydrogen) atoms. The molecule has 4 rings (SSSR count). The van der Waals surface area contributed by atoms with Crippen LogP contribution in [0, 0.1) is 11.7 Å². The number of hydrogen-bond donors (Lipinski definition) is 3. The number of ether oxygens (including phenoxy) is 1. The van der Waals surface area contributed by atoms with E-state index in [1.165, 1.54) is 19.0 Å². The van der Waals surface area contributed by atoms with Crippen LogP contribution in [-0.4, -0.2) is 43.4 Å². The molecule has 1 atom stereocenters. The molecule has 2 aliphatic carbocycles. The Morgan fingerprint density at radius 1 is 1.10 bits per heavy atom. The van der Waals surface area contributed by atoms with Crippen molar-refractivity contribution in [1.82, 2.24) is 10.3 Å². The highest BCUT2D eigenvalue weighted by molar-refractivity contribution is 5.70. The van der Waals surface area contributed by atoms with Gasteiger partial charge in [-0.25, -0.2) is 9.37 Å². The van der Waals surface area contributed by atoms with E-state index >= 15 is 0 Å². The monoisotopic (exact) mass is 426 g/mol. The van der Waals surface area contributed by atoms with Crippen LogP contribution in [0.3, 0.4) is 0 Å². The smallest absolute Gasteiger partial charge is 0.149 e. The normalized spacial score (nSPS) is 22.2. The SMILES string of the molecule is COCC(C)NC1CCC(Nc2cc(-c3cccc(NCC4CC4)c3)c(F)cn2)CC1. The van der Waals surface area contributed by atoms with Gasteiger partial charge in [0.05, 0.1) is 12.8 Å². The minimum atomic E-state index is -0.287. The first-order valence-electron chi connectivity index (χ1n) is 11.6. The average Bonchev–Trinajstić information content (AvgIpc) is 3.60. The molecule has 1 aromatic heterocycles. The number of nitrogens with zero attached hydrogens (tertiary/aromatic N) is 1. The molecule has 1 aromatic carbocycles. The molecular weight excluding hydrogens is 391 g/mol. The van der Waals surface area contributed by atoms with Crippen molar-refractivity contribution >= 4 is 11.5 Å². The van der Waals surface area contributed by atoms with E-state index in [0.29, 0.717) is 23.7 Å². The predicted molar refractivity (Wildman–Crippen MR) is 125 cm³/mol. The van der Waals surface area contributed by atoms with Crippen LogP contribution in [0.1, 0.15) is 45.4 Å². The second kappa shape index (κ2) is 10.4. The van der Waals surface area contributed by atoms with E-state index in [4.69, 9.17) is 4.74 Å². The molecule has 1 unspecified atom stereocenters. The van der Waals surface area contributed by atoms with Crippen LogP contribution in [-0.2, 0) is 4.74 Å². The second-order valence-electron chi connectivity index (χ2n) is 9.17. The van der Waals surface area contributed by atoms with E-state index in [9.17, 15) is 4.39 Å². The molecule has 0 radical (unpaired) electrons. The standard InChI is InChI=1S/C25H35FN4O/c1-17(16-31-2)29-20-8-10-21(11-9-20)30-25-13-23(24(26)15-28-25)19-4-3-5-22(12-19)27-14-18-6-7-18/h3-5,12-13,15,17-18,20-21,27,29H,6-11,14,16H2,1-2H3,(H,28,30). The molecule has 0 spiro atoms. The molecule has 0 saturated heterocycles. The number of aromatic nitrogens is 1. The van der Waals surface area contributed by atoms with Crippen molar-refractivity contribution < 1.29 is 9.13 Å². The fourth-order valence-corrected chi connectivity index (χ4v) is 4.43. The summed E-state index contributed by atoms with van der Waals surface area (Å²) < 4.78 is 19.8. The van der Waals surface area contributed by atoms with E-state index in [2.05, 4.69) is 27.9 Å². The molecule has 1 heterocycles. The molecule has 2 saturated carbocycles. The second-order valence-corrected chi connectivity index (χ2v) is 9.17. The topological polar surface area (TPSA) is 58.2 Å². The molecule has 3 N–H and O–H groups in total. The summed E-state index contributed by atoms with van der Waals surface area (Å²) in [5.74, 6) is 1.26. The van der Waals surface area contributed by atoms with Crippen LogP contribution in [0.25, 0.3) is 11.1 Å². The quantitative estimate of drug-likeness (QED) is 0.496. The van der Waals surface area contributed by atoms with Crippen LogP contribution in [0.15, 0.2) is 36.5 Å². The van der Waals surface area contributed by atoms with Gasteiger partial charge in [-0.1, -0.05) is 12.1 Å². The van der Waals surface area contributed by atoms with Crippen molar-refractivity contribution in [3.05, 3.63) is 42.3 Å². The third-order valence-electron chi connectivity index (χ3n) is 6.34. The number of halogens is 1. The van der Waals surface area contributed by atoms with Gasteiger partial charge in [-0.05, 0) is 75.1 Å². The fourth-order valence-electron chi connectivity index (χ4n) is 4.43. The van der Waals surface area contributed by atoms with E-state index < -0.39 is 0 Å². The van der Waals surface area contributed by atoms with Gasteiger partial charge in [-0.2, -0.15) is 0 Å². The van der Waals surface area contributed by atoms with Crippen molar-refractivity contribution in [2.75, 3.05) is 30.9 Å². The maximum Gasteiger partial charge on any atom is 0.149 e. The Labute approximate surface area is 185 Å². The lowest BCUT2D eigenvalue weighted by Crippen LogP contribution is -2.42. The molecule has 0 aliphatic heterocycles. The molecular formula is C25H35FN4O. The Morgan fingerprint density at radius 2 is 1.87 bits per heavy atom. The van der Waals surface area contributed by atoms with Gasteiger partial charge in [0.15, 0.2) is 0 Å². The first kappa shape index (κ1) is 22.0. The van der Waals surface area contributed by atoms with Crippen molar-refractivity contribution in [3.63, 3.8) is 0 Å². The van der Waals surface area contributed by atoms with E-state index in [1.807, 2.05) is 30.3 Å². The number of benzene rings is 1. The zero-order chi connectivity index (χ0) is 21.6. The lowest BCUT2D eigenvalue weighted by atomic mass is 9.90. The van der Waals surface area contributed by atoms with Gasteiger partial charge in [0.1, 0.15) is 11.6 Å². The molecule has 5 nitrogen and oxygen atoms in total. The number of hydrogen-bond acceptors (Lipinski definition) is 5. The fraction of sp³-hybridized carbons (Fsp3) is 0.560. The zero-order valence-corrected chi connectivity index (χ0v) is 18.7. The van der Waals surface area contributed by atoms with E-state index in [1.54, 1.807) is 7.11 Å². The van der Waals surface area contributed by atoms with Gasteiger partial charge >= 0.3 is 0 Å². The van der Waals surface area contributed by atoms with Gasteiger partial charge < -0.3 is 20.7 Å². The Bertz CT molecular complexity index is 849. The van der Waals surface area contributed by atoms with Crippen LogP contribution in [0.5, 0.6) is 0 Å². The first-order valence-corrected chi connectivity index (χ1v) is 11.6. The summed E-state index contributed by atoms with van der Waals surface area (Å²) in [6, 6.07) is 11.1. The van der Waals surface area contributed by atoms with Crippen LogP contribution < -0.4 is 16.0 Å². The van der Waals surface area contributed by atoms with Crippen LogP contribution >= 0.6 is 0 Å². The molecule has 2 aliphatic rings. The summed E-state index contributed by atoms with van der Waals surface area (Å²) in [5, 5.41) is 10.7. The number of anilines is 2. The number of pyridine rings is 1. The Morgan fingerprint density at radius 3 is 2.61 bits per heavy atom. The van der Waals surface area contributed by atoms with Crippen molar-refractivity contribution in [3.8, 4) is 11.1 Å². The summed E-state index contributed by atoms with van der Waals surface area (Å²) in [4.78, 5) is 4.31. The molecule has 2 fully saturated rings. The zero-order valence-electron chi connectivity index (χ0n) is 18.7. The van der Waals surface area contributed by atoms with Crippen molar-refractivity contribution in [2.45, 2.75) is 63.6 Å². The Balaban J connectivity index is 1.35. The van der Waals surface area contributed by atoms with E-state index in [0.717, 1.165) is 61.8 Å². The minimum absolute atomic E-state index is 0.287. The predicted octanol–water partition coefficient (Wildman–Crippen LogP) is 5.06. The summed E-state index contributed by atoms with van der Waals surface area (Å²) >= 11 is 0. The summed E-state index contributed by atoms with van der Waals surface area (Å²) in [6.45, 7) is 3.89. The van der Waals surface area contributed by atoms with Crippen LogP contribution in [0.2, 0.25) is 0 Å². The summed E-state index contributed by atoms with van der Waals surface area (Å²) in [6.07, 6.45) is 8.35. The summed E-state index contributed by atoms with van der Waals surface area (Å²) in [7, 11) is 1.74. The highest BCUT2D eigenvalue weighted by Gasteiger charge is 2.23. The van der Waals surface area contributed by atoms with Gasteiger partial charge in [-0.3, -0.25) is 0 Å². The highest BCUT2D eigenvalue weighted by atomic mass is 19.1. The Kier molecular flexibility index (Phi) is 7.41.